The lowest BCUT2D eigenvalue weighted by Gasteiger charge is -2.33. The number of benzene rings is 11. The third-order valence-electron chi connectivity index (χ3n) is 11.2. The van der Waals surface area contributed by atoms with E-state index in [0.29, 0.717) is 0 Å². The summed E-state index contributed by atoms with van der Waals surface area (Å²) in [4.78, 5) is 4.91. The van der Waals surface area contributed by atoms with Crippen LogP contribution < -0.4 is 9.80 Å². The highest BCUT2D eigenvalue weighted by molar-refractivity contribution is 6.23. The van der Waals surface area contributed by atoms with Gasteiger partial charge in [0.05, 0.1) is 11.4 Å². The smallest absolute Gasteiger partial charge is 0.0619 e. The van der Waals surface area contributed by atoms with Crippen LogP contribution in [0.25, 0.3) is 64.6 Å². The minimum absolute atomic E-state index is 1.11. The molecule has 0 fully saturated rings. The molecule has 0 bridgehead atoms. The van der Waals surface area contributed by atoms with E-state index in [1.54, 1.807) is 0 Å². The van der Waals surface area contributed by atoms with Crippen LogP contribution in [0.5, 0.6) is 0 Å². The molecular formula is C54H36N2. The van der Waals surface area contributed by atoms with E-state index in [1.807, 2.05) is 0 Å². The molecule has 0 unspecified atom stereocenters. The van der Waals surface area contributed by atoms with Gasteiger partial charge in [0.25, 0.3) is 0 Å². The van der Waals surface area contributed by atoms with Gasteiger partial charge in [0.1, 0.15) is 0 Å². The number of nitrogens with zero attached hydrogens (tertiary/aromatic N) is 2. The van der Waals surface area contributed by atoms with Crippen molar-refractivity contribution in [2.75, 3.05) is 9.80 Å². The summed E-state index contributed by atoms with van der Waals surface area (Å²) >= 11 is 0. The first-order valence-corrected chi connectivity index (χ1v) is 19.3. The topological polar surface area (TPSA) is 6.48 Å². The zero-order chi connectivity index (χ0) is 37.0. The Kier molecular flexibility index (Phi) is 7.53. The molecule has 0 atom stereocenters. The van der Waals surface area contributed by atoms with Crippen LogP contribution in [0.3, 0.4) is 0 Å². The molecule has 0 aliphatic carbocycles. The average molecular weight is 713 g/mol. The maximum atomic E-state index is 2.46. The Labute approximate surface area is 325 Å². The van der Waals surface area contributed by atoms with Crippen LogP contribution in [0.1, 0.15) is 0 Å². The summed E-state index contributed by atoms with van der Waals surface area (Å²) in [6.45, 7) is 0. The third-order valence-corrected chi connectivity index (χ3v) is 11.2. The van der Waals surface area contributed by atoms with Crippen molar-refractivity contribution in [3.63, 3.8) is 0 Å². The van der Waals surface area contributed by atoms with Crippen LogP contribution in [0.4, 0.5) is 34.1 Å². The van der Waals surface area contributed by atoms with Crippen LogP contribution in [0.2, 0.25) is 0 Å². The molecule has 11 aromatic carbocycles. The number of para-hydroxylation sites is 2. The van der Waals surface area contributed by atoms with Gasteiger partial charge in [0, 0.05) is 44.3 Å². The van der Waals surface area contributed by atoms with Gasteiger partial charge in [-0.15, -0.1) is 0 Å². The molecule has 262 valence electrons. The Morgan fingerprint density at radius 1 is 0.196 bits per heavy atom. The fourth-order valence-electron chi connectivity index (χ4n) is 8.67. The maximum Gasteiger partial charge on any atom is 0.0619 e. The molecule has 0 spiro atoms. The molecular weight excluding hydrogens is 677 g/mol. The summed E-state index contributed by atoms with van der Waals surface area (Å²) < 4.78 is 0. The van der Waals surface area contributed by atoms with Crippen molar-refractivity contribution < 1.29 is 0 Å². The van der Waals surface area contributed by atoms with E-state index < -0.39 is 0 Å². The van der Waals surface area contributed by atoms with Crippen molar-refractivity contribution in [1.82, 2.24) is 0 Å². The molecule has 11 rings (SSSR count). The average Bonchev–Trinajstić information content (AvgIpc) is 3.26. The van der Waals surface area contributed by atoms with E-state index in [-0.39, 0.29) is 0 Å². The van der Waals surface area contributed by atoms with Crippen LogP contribution in [0, 0.1) is 0 Å². The van der Waals surface area contributed by atoms with Gasteiger partial charge in [-0.25, -0.2) is 0 Å². The molecule has 0 N–H and O–H groups in total. The molecule has 0 radical (unpaired) electrons. The Morgan fingerprint density at radius 3 is 0.839 bits per heavy atom. The molecule has 0 aliphatic rings. The fraction of sp³-hybridized carbons (Fsp3) is 0. The highest BCUT2D eigenvalue weighted by atomic mass is 15.2. The minimum Gasteiger partial charge on any atom is -0.309 e. The van der Waals surface area contributed by atoms with Gasteiger partial charge in [-0.2, -0.15) is 0 Å². The molecule has 56 heavy (non-hydrogen) atoms. The van der Waals surface area contributed by atoms with Gasteiger partial charge >= 0.3 is 0 Å². The molecule has 0 heterocycles. The number of fused-ring (bicyclic) bond motifs is 6. The SMILES string of the molecule is c1ccc(N(c2ccc3cc4ccccc4cc3c2)c2c3ccccc3c(N(c3ccccc3)c3ccc4cc5ccccc5cc4c3)c3ccccc23)cc1. The van der Waals surface area contributed by atoms with Crippen LogP contribution in [0.15, 0.2) is 218 Å². The summed E-state index contributed by atoms with van der Waals surface area (Å²) in [5.74, 6) is 0. The van der Waals surface area contributed by atoms with E-state index in [1.165, 1.54) is 64.6 Å². The number of rotatable bonds is 6. The molecule has 11 aromatic rings. The highest BCUT2D eigenvalue weighted by Crippen LogP contribution is 2.51. The van der Waals surface area contributed by atoms with Crippen molar-refractivity contribution in [3.05, 3.63) is 218 Å². The van der Waals surface area contributed by atoms with Gasteiger partial charge < -0.3 is 9.80 Å². The normalized spacial score (nSPS) is 11.6. The van der Waals surface area contributed by atoms with Crippen molar-refractivity contribution in [2.24, 2.45) is 0 Å². The van der Waals surface area contributed by atoms with E-state index in [2.05, 4.69) is 228 Å². The first-order valence-electron chi connectivity index (χ1n) is 19.3. The largest absolute Gasteiger partial charge is 0.309 e. The zero-order valence-electron chi connectivity index (χ0n) is 30.7. The quantitative estimate of drug-likeness (QED) is 0.125. The van der Waals surface area contributed by atoms with E-state index >= 15 is 0 Å². The summed E-state index contributed by atoms with van der Waals surface area (Å²) in [7, 11) is 0. The standard InChI is InChI=1S/C54H36N2/c1-3-19-45(20-4-1)55(47-29-27-41-31-37-15-7-9-17-39(37)33-43(41)35-47)53-49-23-11-13-25-51(49)54(52-26-14-12-24-50(52)53)56(46-21-5-2-6-22-46)48-30-28-42-32-38-16-8-10-18-40(38)34-44(42)36-48/h1-36H. The van der Waals surface area contributed by atoms with Crippen molar-refractivity contribution in [2.45, 2.75) is 0 Å². The number of hydrogen-bond acceptors (Lipinski definition) is 2. The molecule has 0 aromatic heterocycles. The second-order valence-corrected chi connectivity index (χ2v) is 14.6. The molecule has 0 aliphatic heterocycles. The summed E-state index contributed by atoms with van der Waals surface area (Å²) in [5.41, 5.74) is 6.76. The third kappa shape index (κ3) is 5.34. The Balaban J connectivity index is 1.20. The lowest BCUT2D eigenvalue weighted by molar-refractivity contribution is 1.30. The maximum absolute atomic E-state index is 2.46. The molecule has 2 heteroatoms. The molecule has 2 nitrogen and oxygen atoms in total. The van der Waals surface area contributed by atoms with Gasteiger partial charge in [-0.05, 0) is 116 Å². The van der Waals surface area contributed by atoms with Crippen LogP contribution >= 0.6 is 0 Å². The number of anilines is 6. The van der Waals surface area contributed by atoms with E-state index in [4.69, 9.17) is 0 Å². The lowest BCUT2D eigenvalue weighted by Crippen LogP contribution is -2.14. The monoisotopic (exact) mass is 712 g/mol. The van der Waals surface area contributed by atoms with Crippen molar-refractivity contribution >= 4 is 98.8 Å². The second kappa shape index (κ2) is 13.2. The van der Waals surface area contributed by atoms with Crippen LogP contribution in [-0.4, -0.2) is 0 Å². The van der Waals surface area contributed by atoms with Gasteiger partial charge in [0.2, 0.25) is 0 Å². The molecule has 0 saturated heterocycles. The second-order valence-electron chi connectivity index (χ2n) is 14.6. The zero-order valence-corrected chi connectivity index (χ0v) is 30.7. The van der Waals surface area contributed by atoms with Crippen LogP contribution in [-0.2, 0) is 0 Å². The first-order chi connectivity index (χ1) is 27.8. The fourth-order valence-corrected chi connectivity index (χ4v) is 8.67. The number of hydrogen-bond donors (Lipinski definition) is 0. The van der Waals surface area contributed by atoms with E-state index in [0.717, 1.165) is 34.1 Å². The van der Waals surface area contributed by atoms with Gasteiger partial charge in [-0.1, -0.05) is 146 Å². The highest BCUT2D eigenvalue weighted by Gasteiger charge is 2.25. The minimum atomic E-state index is 1.11. The Bertz CT molecular complexity index is 2980. The predicted octanol–water partition coefficient (Wildman–Crippen LogP) is 15.5. The van der Waals surface area contributed by atoms with Crippen molar-refractivity contribution in [1.29, 1.82) is 0 Å². The summed E-state index contributed by atoms with van der Waals surface area (Å²) in [6.07, 6.45) is 0. The molecule has 0 saturated carbocycles. The first kappa shape index (κ1) is 32.0. The van der Waals surface area contributed by atoms with Gasteiger partial charge in [-0.3, -0.25) is 0 Å². The van der Waals surface area contributed by atoms with Gasteiger partial charge in [0.15, 0.2) is 0 Å². The Hall–Kier alpha value is -7.42. The van der Waals surface area contributed by atoms with E-state index in [9.17, 15) is 0 Å². The summed E-state index contributed by atoms with van der Waals surface area (Å²) in [5, 5.41) is 14.6. The molecule has 0 amide bonds. The Morgan fingerprint density at radius 2 is 0.482 bits per heavy atom. The van der Waals surface area contributed by atoms with Crippen molar-refractivity contribution in [3.8, 4) is 0 Å². The lowest BCUT2D eigenvalue weighted by atomic mass is 9.95. The predicted molar refractivity (Wildman–Crippen MR) is 241 cm³/mol. The summed E-state index contributed by atoms with van der Waals surface area (Å²) in [6, 6.07) is 79.7.